The largest absolute Gasteiger partial charge is 0.497 e. The Bertz CT molecular complexity index is 965. The number of benzene rings is 1. The van der Waals surface area contributed by atoms with Crippen LogP contribution in [-0.4, -0.2) is 55.0 Å². The highest BCUT2D eigenvalue weighted by Gasteiger charge is 2.30. The molecule has 0 aliphatic carbocycles. The zero-order valence-corrected chi connectivity index (χ0v) is 16.0. The fourth-order valence-corrected chi connectivity index (χ4v) is 3.55. The third kappa shape index (κ3) is 3.60. The first-order valence-corrected chi connectivity index (χ1v) is 9.34. The number of fused-ring (bicyclic) bond motifs is 1. The van der Waals surface area contributed by atoms with Crippen LogP contribution >= 0.6 is 0 Å². The Morgan fingerprint density at radius 1 is 1.36 bits per heavy atom. The molecule has 3 aromatic rings. The number of ether oxygens (including phenoxy) is 1. The van der Waals surface area contributed by atoms with E-state index in [0.717, 1.165) is 42.8 Å². The zero-order chi connectivity index (χ0) is 19.5. The van der Waals surface area contributed by atoms with E-state index in [1.807, 2.05) is 37.5 Å². The lowest BCUT2D eigenvalue weighted by molar-refractivity contribution is -0.132. The smallest absolute Gasteiger partial charge is 0.233 e. The van der Waals surface area contributed by atoms with Gasteiger partial charge in [0, 0.05) is 38.0 Å². The third-order valence-corrected chi connectivity index (χ3v) is 5.03. The van der Waals surface area contributed by atoms with Crippen molar-refractivity contribution in [2.75, 3.05) is 14.2 Å². The van der Waals surface area contributed by atoms with Crippen molar-refractivity contribution in [3.63, 3.8) is 0 Å². The number of methoxy groups -OCH3 is 1. The molecule has 1 amide bonds. The number of carbonyl (C=O) groups excluding carboxylic acids is 1. The molecular weight excluding hydrogens is 358 g/mol. The summed E-state index contributed by atoms with van der Waals surface area (Å²) in [5.41, 5.74) is 1.86. The molecule has 1 aliphatic rings. The molecule has 0 saturated carbocycles. The van der Waals surface area contributed by atoms with Crippen molar-refractivity contribution in [3.8, 4) is 11.4 Å². The van der Waals surface area contributed by atoms with Crippen LogP contribution in [0.25, 0.3) is 5.69 Å². The topological polar surface area (TPSA) is 91.0 Å². The van der Waals surface area contributed by atoms with E-state index in [2.05, 4.69) is 20.6 Å². The second kappa shape index (κ2) is 7.79. The highest BCUT2D eigenvalue weighted by atomic mass is 16.5. The van der Waals surface area contributed by atoms with Gasteiger partial charge in [0.25, 0.3) is 0 Å². The van der Waals surface area contributed by atoms with Crippen LogP contribution in [0.2, 0.25) is 0 Å². The number of nitrogens with zero attached hydrogens (tertiary/aromatic N) is 7. The van der Waals surface area contributed by atoms with Crippen LogP contribution in [0.5, 0.6) is 5.75 Å². The molecule has 4 rings (SSSR count). The number of aryl methyl sites for hydroxylation is 1. The lowest BCUT2D eigenvalue weighted by Gasteiger charge is -2.21. The number of hydrogen-bond acceptors (Lipinski definition) is 6. The molecule has 1 atom stereocenters. The molecule has 0 fully saturated rings. The molecule has 1 unspecified atom stereocenters. The quantitative estimate of drug-likeness (QED) is 0.669. The molecule has 0 saturated heterocycles. The number of aromatic nitrogens is 6. The van der Waals surface area contributed by atoms with Crippen molar-refractivity contribution in [1.82, 2.24) is 34.9 Å². The fraction of sp³-hybridized carbons (Fsp3) is 0.421. The average molecular weight is 381 g/mol. The minimum atomic E-state index is -0.295. The predicted molar refractivity (Wildman–Crippen MR) is 101 cm³/mol. The number of rotatable bonds is 5. The minimum absolute atomic E-state index is 0.0343. The van der Waals surface area contributed by atoms with Crippen molar-refractivity contribution in [1.29, 1.82) is 0 Å². The summed E-state index contributed by atoms with van der Waals surface area (Å²) in [6, 6.07) is 7.68. The van der Waals surface area contributed by atoms with Crippen molar-refractivity contribution in [2.24, 2.45) is 0 Å². The second-order valence-electron chi connectivity index (χ2n) is 7.00. The van der Waals surface area contributed by atoms with Gasteiger partial charge in [-0.05, 0) is 35.4 Å². The Kier molecular flexibility index (Phi) is 5.05. The highest BCUT2D eigenvalue weighted by Crippen LogP contribution is 2.26. The minimum Gasteiger partial charge on any atom is -0.497 e. The zero-order valence-electron chi connectivity index (χ0n) is 16.0. The first kappa shape index (κ1) is 18.1. The van der Waals surface area contributed by atoms with Crippen LogP contribution in [0.4, 0.5) is 0 Å². The Morgan fingerprint density at radius 2 is 2.25 bits per heavy atom. The van der Waals surface area contributed by atoms with Crippen LogP contribution in [0.15, 0.2) is 36.7 Å². The van der Waals surface area contributed by atoms with Gasteiger partial charge >= 0.3 is 0 Å². The third-order valence-electron chi connectivity index (χ3n) is 5.03. The van der Waals surface area contributed by atoms with Crippen molar-refractivity contribution >= 4 is 5.91 Å². The lowest BCUT2D eigenvalue weighted by Crippen LogP contribution is -2.32. The van der Waals surface area contributed by atoms with Crippen molar-refractivity contribution in [2.45, 2.75) is 38.3 Å². The molecule has 2 aromatic heterocycles. The summed E-state index contributed by atoms with van der Waals surface area (Å²) in [6.45, 7) is 1.24. The normalized spacial score (nSPS) is 16.3. The molecule has 0 spiro atoms. The van der Waals surface area contributed by atoms with Gasteiger partial charge in [0.1, 0.15) is 5.75 Å². The van der Waals surface area contributed by atoms with Gasteiger partial charge in [-0.15, -0.1) is 5.10 Å². The lowest BCUT2D eigenvalue weighted by atomic mass is 10.0. The monoisotopic (exact) mass is 381 g/mol. The first-order chi connectivity index (χ1) is 13.7. The maximum Gasteiger partial charge on any atom is 0.233 e. The van der Waals surface area contributed by atoms with E-state index in [4.69, 9.17) is 4.74 Å². The summed E-state index contributed by atoms with van der Waals surface area (Å²) >= 11 is 0. The summed E-state index contributed by atoms with van der Waals surface area (Å²) < 4.78 is 8.80. The Labute approximate surface area is 162 Å². The van der Waals surface area contributed by atoms with Gasteiger partial charge in [0.05, 0.1) is 24.9 Å². The van der Waals surface area contributed by atoms with E-state index < -0.39 is 0 Å². The van der Waals surface area contributed by atoms with Gasteiger partial charge in [-0.1, -0.05) is 12.5 Å². The van der Waals surface area contributed by atoms with Gasteiger partial charge in [-0.3, -0.25) is 4.79 Å². The molecule has 1 aromatic carbocycles. The maximum atomic E-state index is 13.0. The van der Waals surface area contributed by atoms with Crippen LogP contribution in [0.3, 0.4) is 0 Å². The number of likely N-dealkylation sites (N-methyl/N-ethyl adjacent to an activating group) is 1. The van der Waals surface area contributed by atoms with Gasteiger partial charge in [0.15, 0.2) is 5.82 Å². The fourth-order valence-electron chi connectivity index (χ4n) is 3.55. The Balaban J connectivity index is 1.48. The van der Waals surface area contributed by atoms with E-state index >= 15 is 0 Å². The standard InChI is InChI=1S/C19H23N7O2/c1-24(19(27)17-8-3-4-9-25-18(17)21-22-23-25)12-14-11-20-26(13-14)15-6-5-7-16(10-15)28-2/h5-7,10-11,13,17H,3-4,8-9,12H2,1-2H3. The summed E-state index contributed by atoms with van der Waals surface area (Å²) in [4.78, 5) is 14.8. The van der Waals surface area contributed by atoms with Crippen molar-refractivity contribution in [3.05, 3.63) is 48.0 Å². The van der Waals surface area contributed by atoms with Gasteiger partial charge in [-0.25, -0.2) is 9.36 Å². The van der Waals surface area contributed by atoms with Gasteiger partial charge in [-0.2, -0.15) is 5.10 Å². The molecule has 146 valence electrons. The Morgan fingerprint density at radius 3 is 3.11 bits per heavy atom. The summed E-state index contributed by atoms with van der Waals surface area (Å²) in [5.74, 6) is 1.18. The molecule has 1 aliphatic heterocycles. The molecule has 9 heteroatoms. The number of tetrazole rings is 1. The molecule has 3 heterocycles. The molecule has 0 N–H and O–H groups in total. The first-order valence-electron chi connectivity index (χ1n) is 9.34. The SMILES string of the molecule is COc1cccc(-n2cc(CN(C)C(=O)C3CCCCn4nnnc43)cn2)c1. The van der Waals surface area contributed by atoms with E-state index in [0.29, 0.717) is 12.4 Å². The van der Waals surface area contributed by atoms with E-state index in [1.54, 1.807) is 27.6 Å². The van der Waals surface area contributed by atoms with Crippen molar-refractivity contribution < 1.29 is 9.53 Å². The summed E-state index contributed by atoms with van der Waals surface area (Å²) in [5, 5.41) is 16.3. The van der Waals surface area contributed by atoms with E-state index in [1.165, 1.54) is 0 Å². The predicted octanol–water partition coefficient (Wildman–Crippen LogP) is 1.79. The summed E-state index contributed by atoms with van der Waals surface area (Å²) in [6.07, 6.45) is 6.44. The van der Waals surface area contributed by atoms with Crippen LogP contribution in [0, 0.1) is 0 Å². The van der Waals surface area contributed by atoms with Crippen LogP contribution < -0.4 is 4.74 Å². The second-order valence-corrected chi connectivity index (χ2v) is 7.00. The highest BCUT2D eigenvalue weighted by molar-refractivity contribution is 5.82. The van der Waals surface area contributed by atoms with Crippen LogP contribution in [0.1, 0.15) is 36.6 Å². The van der Waals surface area contributed by atoms with Gasteiger partial charge in [0.2, 0.25) is 5.91 Å². The number of amides is 1. The molecule has 0 radical (unpaired) electrons. The molecule has 28 heavy (non-hydrogen) atoms. The molecular formula is C19H23N7O2. The summed E-state index contributed by atoms with van der Waals surface area (Å²) in [7, 11) is 3.45. The number of hydrogen-bond donors (Lipinski definition) is 0. The number of carbonyl (C=O) groups is 1. The molecule has 9 nitrogen and oxygen atoms in total. The maximum absolute atomic E-state index is 13.0. The molecule has 0 bridgehead atoms. The van der Waals surface area contributed by atoms with Crippen LogP contribution in [-0.2, 0) is 17.9 Å². The van der Waals surface area contributed by atoms with E-state index in [9.17, 15) is 4.79 Å². The Hall–Kier alpha value is -3.23. The van der Waals surface area contributed by atoms with E-state index in [-0.39, 0.29) is 11.8 Å². The van der Waals surface area contributed by atoms with Gasteiger partial charge < -0.3 is 9.64 Å². The average Bonchev–Trinajstić information content (AvgIpc) is 3.33.